The number of aryl methyl sites for hydroxylation is 1. The van der Waals surface area contributed by atoms with Crippen LogP contribution in [0, 0.1) is 6.92 Å². The van der Waals surface area contributed by atoms with Crippen LogP contribution in [0.2, 0.25) is 0 Å². The van der Waals surface area contributed by atoms with Crippen LogP contribution < -0.4 is 5.32 Å². The molecule has 2 heterocycles. The normalized spacial score (nSPS) is 27.6. The van der Waals surface area contributed by atoms with E-state index in [1.54, 1.807) is 0 Å². The molecule has 0 bridgehead atoms. The molecule has 0 radical (unpaired) electrons. The van der Waals surface area contributed by atoms with Gasteiger partial charge >= 0.3 is 0 Å². The van der Waals surface area contributed by atoms with Crippen LogP contribution in [0.5, 0.6) is 0 Å². The van der Waals surface area contributed by atoms with Gasteiger partial charge in [0.25, 0.3) is 0 Å². The molecule has 2 saturated heterocycles. The number of epoxide rings is 1. The fourth-order valence-electron chi connectivity index (χ4n) is 2.58. The zero-order valence-corrected chi connectivity index (χ0v) is 11.1. The molecule has 2 fully saturated rings. The summed E-state index contributed by atoms with van der Waals surface area (Å²) in [6.07, 6.45) is 1.76. The summed E-state index contributed by atoms with van der Waals surface area (Å²) in [5, 5.41) is 3.60. The van der Waals surface area contributed by atoms with E-state index in [0.717, 1.165) is 19.7 Å². The molecule has 0 saturated carbocycles. The van der Waals surface area contributed by atoms with Gasteiger partial charge in [0.1, 0.15) is 0 Å². The predicted molar refractivity (Wildman–Crippen MR) is 72.6 cm³/mol. The zero-order chi connectivity index (χ0) is 12.4. The summed E-state index contributed by atoms with van der Waals surface area (Å²) in [4.78, 5) is 2.54. The van der Waals surface area contributed by atoms with E-state index in [-0.39, 0.29) is 0 Å². The number of rotatable bonds is 5. The van der Waals surface area contributed by atoms with Crippen LogP contribution >= 0.6 is 0 Å². The number of hydrogen-bond acceptors (Lipinski definition) is 3. The van der Waals surface area contributed by atoms with E-state index in [1.807, 2.05) is 0 Å². The number of nitrogens with zero attached hydrogens (tertiary/aromatic N) is 1. The van der Waals surface area contributed by atoms with E-state index in [1.165, 1.54) is 30.6 Å². The van der Waals surface area contributed by atoms with Crippen LogP contribution in [0.15, 0.2) is 24.3 Å². The Labute approximate surface area is 109 Å². The lowest BCUT2D eigenvalue weighted by molar-refractivity contribution is 0.316. The van der Waals surface area contributed by atoms with Crippen molar-refractivity contribution in [3.63, 3.8) is 0 Å². The van der Waals surface area contributed by atoms with Gasteiger partial charge in [-0.05, 0) is 18.9 Å². The lowest BCUT2D eigenvalue weighted by Gasteiger charge is -2.16. The largest absolute Gasteiger partial charge is 0.372 e. The average Bonchev–Trinajstić information content (AvgIpc) is 3.10. The van der Waals surface area contributed by atoms with Gasteiger partial charge in [0.2, 0.25) is 0 Å². The van der Waals surface area contributed by atoms with Gasteiger partial charge in [-0.25, -0.2) is 0 Å². The van der Waals surface area contributed by atoms with E-state index in [9.17, 15) is 0 Å². The minimum atomic E-state index is 0.496. The highest BCUT2D eigenvalue weighted by molar-refractivity contribution is 5.21. The van der Waals surface area contributed by atoms with Crippen molar-refractivity contribution in [2.75, 3.05) is 26.2 Å². The van der Waals surface area contributed by atoms with Crippen molar-refractivity contribution in [2.45, 2.75) is 32.0 Å². The third-order valence-electron chi connectivity index (χ3n) is 3.84. The number of benzene rings is 1. The van der Waals surface area contributed by atoms with Crippen molar-refractivity contribution in [2.24, 2.45) is 0 Å². The average molecular weight is 246 g/mol. The van der Waals surface area contributed by atoms with Crippen LogP contribution in [0.4, 0.5) is 0 Å². The number of nitrogens with one attached hydrogen (secondary N) is 1. The molecule has 0 amide bonds. The summed E-state index contributed by atoms with van der Waals surface area (Å²) in [7, 11) is 0. The van der Waals surface area contributed by atoms with Crippen LogP contribution in [0.25, 0.3) is 0 Å². The highest BCUT2D eigenvalue weighted by Crippen LogP contribution is 2.15. The topological polar surface area (TPSA) is 27.8 Å². The second kappa shape index (κ2) is 5.39. The molecule has 1 N–H and O–H groups in total. The Hall–Kier alpha value is -0.900. The maximum absolute atomic E-state index is 5.23. The zero-order valence-electron chi connectivity index (χ0n) is 11.1. The van der Waals surface area contributed by atoms with Gasteiger partial charge in [0.05, 0.1) is 12.7 Å². The Bertz CT molecular complexity index is 386. The summed E-state index contributed by atoms with van der Waals surface area (Å²) in [5.74, 6) is 0. The first kappa shape index (κ1) is 12.2. The molecular weight excluding hydrogens is 224 g/mol. The lowest BCUT2D eigenvalue weighted by Crippen LogP contribution is -2.34. The van der Waals surface area contributed by atoms with Gasteiger partial charge in [0.15, 0.2) is 0 Å². The molecule has 3 heteroatoms. The van der Waals surface area contributed by atoms with Gasteiger partial charge in [0, 0.05) is 32.2 Å². The predicted octanol–water partition coefficient (Wildman–Crippen LogP) is 1.56. The van der Waals surface area contributed by atoms with Gasteiger partial charge < -0.3 is 10.1 Å². The van der Waals surface area contributed by atoms with Crippen molar-refractivity contribution in [1.82, 2.24) is 10.2 Å². The molecule has 0 spiro atoms. The monoisotopic (exact) mass is 246 g/mol. The molecule has 2 aliphatic heterocycles. The molecule has 2 atom stereocenters. The molecule has 0 aromatic heterocycles. The summed E-state index contributed by atoms with van der Waals surface area (Å²) < 4.78 is 5.23. The van der Waals surface area contributed by atoms with Crippen LogP contribution in [0.1, 0.15) is 17.5 Å². The van der Waals surface area contributed by atoms with Gasteiger partial charge in [-0.15, -0.1) is 0 Å². The van der Waals surface area contributed by atoms with E-state index in [2.05, 4.69) is 41.4 Å². The smallest absolute Gasteiger partial charge is 0.0934 e. The van der Waals surface area contributed by atoms with Crippen molar-refractivity contribution in [3.8, 4) is 0 Å². The minimum Gasteiger partial charge on any atom is -0.372 e. The molecular formula is C15H22N2O. The standard InChI is InChI=1S/C15H22N2O/c1-12-2-4-13(5-3-12)9-17-7-6-14(10-17)16-8-15-11-18-15/h2-5,14-16H,6-11H2,1H3. The summed E-state index contributed by atoms with van der Waals surface area (Å²) >= 11 is 0. The van der Waals surface area contributed by atoms with Crippen molar-refractivity contribution < 1.29 is 4.74 Å². The maximum atomic E-state index is 5.23. The number of likely N-dealkylation sites (tertiary alicyclic amines) is 1. The molecule has 2 unspecified atom stereocenters. The van der Waals surface area contributed by atoms with E-state index < -0.39 is 0 Å². The third kappa shape index (κ3) is 3.31. The molecule has 3 rings (SSSR count). The highest BCUT2D eigenvalue weighted by atomic mass is 16.6. The Morgan fingerprint density at radius 3 is 2.83 bits per heavy atom. The lowest BCUT2D eigenvalue weighted by atomic mass is 10.1. The second-order valence-electron chi connectivity index (χ2n) is 5.57. The molecule has 1 aromatic rings. The number of hydrogen-bond donors (Lipinski definition) is 1. The molecule has 2 aliphatic rings. The number of ether oxygens (including phenoxy) is 1. The molecule has 18 heavy (non-hydrogen) atoms. The third-order valence-corrected chi connectivity index (χ3v) is 3.84. The Kier molecular flexibility index (Phi) is 3.64. The maximum Gasteiger partial charge on any atom is 0.0934 e. The minimum absolute atomic E-state index is 0.496. The first-order valence-electron chi connectivity index (χ1n) is 6.92. The fraction of sp³-hybridized carbons (Fsp3) is 0.600. The Morgan fingerprint density at radius 2 is 2.11 bits per heavy atom. The van der Waals surface area contributed by atoms with Gasteiger partial charge in [-0.3, -0.25) is 4.90 Å². The van der Waals surface area contributed by atoms with E-state index >= 15 is 0 Å². The first-order chi connectivity index (χ1) is 8.79. The quantitative estimate of drug-likeness (QED) is 0.799. The van der Waals surface area contributed by atoms with E-state index in [4.69, 9.17) is 4.74 Å². The van der Waals surface area contributed by atoms with Crippen molar-refractivity contribution in [3.05, 3.63) is 35.4 Å². The molecule has 1 aromatic carbocycles. The summed E-state index contributed by atoms with van der Waals surface area (Å²) in [6.45, 7) is 7.57. The SMILES string of the molecule is Cc1ccc(CN2CCC(NCC3CO3)C2)cc1. The summed E-state index contributed by atoms with van der Waals surface area (Å²) in [6, 6.07) is 9.54. The van der Waals surface area contributed by atoms with Crippen LogP contribution in [0.3, 0.4) is 0 Å². The van der Waals surface area contributed by atoms with Crippen molar-refractivity contribution >= 4 is 0 Å². The van der Waals surface area contributed by atoms with E-state index in [0.29, 0.717) is 12.1 Å². The van der Waals surface area contributed by atoms with Crippen molar-refractivity contribution in [1.29, 1.82) is 0 Å². The molecule has 98 valence electrons. The van der Waals surface area contributed by atoms with Gasteiger partial charge in [-0.1, -0.05) is 29.8 Å². The molecule has 3 nitrogen and oxygen atoms in total. The molecule has 0 aliphatic carbocycles. The van der Waals surface area contributed by atoms with Gasteiger partial charge in [-0.2, -0.15) is 0 Å². The highest BCUT2D eigenvalue weighted by Gasteiger charge is 2.26. The Balaban J connectivity index is 1.44. The van der Waals surface area contributed by atoms with Crippen LogP contribution in [-0.2, 0) is 11.3 Å². The Morgan fingerprint density at radius 1 is 1.33 bits per heavy atom. The fourth-order valence-corrected chi connectivity index (χ4v) is 2.58. The second-order valence-corrected chi connectivity index (χ2v) is 5.57. The van der Waals surface area contributed by atoms with Crippen LogP contribution in [-0.4, -0.2) is 43.3 Å². The first-order valence-corrected chi connectivity index (χ1v) is 6.92. The summed E-state index contributed by atoms with van der Waals surface area (Å²) in [5.41, 5.74) is 2.76.